The van der Waals surface area contributed by atoms with E-state index in [-0.39, 0.29) is 0 Å². The van der Waals surface area contributed by atoms with Crippen LogP contribution in [-0.4, -0.2) is 33.8 Å². The Kier molecular flexibility index (Phi) is 5.81. The van der Waals surface area contributed by atoms with Gasteiger partial charge in [-0.25, -0.2) is 25.2 Å². The van der Waals surface area contributed by atoms with Crippen molar-refractivity contribution in [1.82, 2.24) is 15.3 Å². The summed E-state index contributed by atoms with van der Waals surface area (Å²) in [6, 6.07) is 23.2. The van der Waals surface area contributed by atoms with Crippen LogP contribution in [0.5, 0.6) is 0 Å². The summed E-state index contributed by atoms with van der Waals surface area (Å²) in [6.45, 7) is 7.52. The van der Waals surface area contributed by atoms with Gasteiger partial charge in [0.15, 0.2) is 6.67 Å². The van der Waals surface area contributed by atoms with Crippen molar-refractivity contribution in [2.24, 2.45) is 0 Å². The smallest absolute Gasteiger partial charge is 0.273 e. The van der Waals surface area contributed by atoms with E-state index in [1.165, 1.54) is 16.0 Å². The maximum Gasteiger partial charge on any atom is 0.362 e. The summed E-state index contributed by atoms with van der Waals surface area (Å²) in [5.74, 6) is 1.59. The highest BCUT2D eigenvalue weighted by Gasteiger charge is 2.27. The van der Waals surface area contributed by atoms with Gasteiger partial charge in [0.1, 0.15) is 6.54 Å². The highest BCUT2D eigenvalue weighted by molar-refractivity contribution is 5.88. The zero-order chi connectivity index (χ0) is 20.1. The van der Waals surface area contributed by atoms with Gasteiger partial charge in [-0.1, -0.05) is 60.7 Å². The van der Waals surface area contributed by atoms with E-state index in [0.717, 1.165) is 43.8 Å². The van der Waals surface area contributed by atoms with Crippen molar-refractivity contribution in [3.8, 4) is 0 Å². The highest BCUT2D eigenvalue weighted by Crippen LogP contribution is 2.05. The van der Waals surface area contributed by atoms with Crippen LogP contribution in [0.15, 0.2) is 66.7 Å². The lowest BCUT2D eigenvalue weighted by molar-refractivity contribution is -0.997. The van der Waals surface area contributed by atoms with Gasteiger partial charge in [0.25, 0.3) is 5.95 Å². The van der Waals surface area contributed by atoms with Crippen molar-refractivity contribution < 1.29 is 9.48 Å². The highest BCUT2D eigenvalue weighted by atomic mass is 15.4. The van der Waals surface area contributed by atoms with E-state index in [4.69, 9.17) is 0 Å². The number of nitrogens with zero attached hydrogens (tertiary/aromatic N) is 3. The lowest BCUT2D eigenvalue weighted by atomic mass is 10.2. The van der Waals surface area contributed by atoms with E-state index in [2.05, 4.69) is 85.8 Å². The first kappa shape index (κ1) is 19.1. The predicted molar refractivity (Wildman–Crippen MR) is 115 cm³/mol. The van der Waals surface area contributed by atoms with Crippen LogP contribution in [0.4, 0.5) is 5.95 Å². The molecule has 1 aliphatic rings. The monoisotopic (exact) mass is 388 g/mol. The molecule has 148 valence electrons. The molecule has 1 aliphatic heterocycles. The number of hydrogen-bond donors (Lipinski definition) is 3. The Labute approximate surface area is 171 Å². The quantitative estimate of drug-likeness (QED) is 0.582. The second kappa shape index (κ2) is 8.84. The molecule has 0 saturated carbocycles. The molecule has 0 saturated heterocycles. The van der Waals surface area contributed by atoms with E-state index >= 15 is 0 Å². The SMILES string of the molecule is Cc1cc(C)nc(NC2=[N+](Cc3ccccc3)C[NH+](Cc3ccccc3)CN2)n1. The van der Waals surface area contributed by atoms with Crippen molar-refractivity contribution in [1.29, 1.82) is 0 Å². The van der Waals surface area contributed by atoms with Crippen LogP contribution in [-0.2, 0) is 13.1 Å². The molecule has 0 aliphatic carbocycles. The van der Waals surface area contributed by atoms with Crippen molar-refractivity contribution in [2.45, 2.75) is 26.9 Å². The maximum atomic E-state index is 4.54. The molecule has 0 amide bonds. The molecule has 1 unspecified atom stereocenters. The molecule has 2 aromatic carbocycles. The Morgan fingerprint density at radius 2 is 1.55 bits per heavy atom. The largest absolute Gasteiger partial charge is 0.362 e. The Morgan fingerprint density at radius 3 is 2.21 bits per heavy atom. The fourth-order valence-electron chi connectivity index (χ4n) is 3.68. The summed E-state index contributed by atoms with van der Waals surface area (Å²) in [7, 11) is 0. The third-order valence-electron chi connectivity index (χ3n) is 4.96. The van der Waals surface area contributed by atoms with Crippen LogP contribution in [0.25, 0.3) is 0 Å². The number of anilines is 1. The zero-order valence-corrected chi connectivity index (χ0v) is 17.0. The Balaban J connectivity index is 1.58. The molecule has 1 atom stereocenters. The minimum atomic E-state index is 0.634. The molecular weight excluding hydrogens is 360 g/mol. The third kappa shape index (κ3) is 5.18. The number of nitrogens with one attached hydrogen (secondary N) is 3. The molecular formula is C23H28N6+2. The molecule has 2 heterocycles. The minimum absolute atomic E-state index is 0.634. The van der Waals surface area contributed by atoms with E-state index in [1.807, 2.05) is 19.9 Å². The molecule has 6 nitrogen and oxygen atoms in total. The summed E-state index contributed by atoms with van der Waals surface area (Å²) < 4.78 is 2.33. The molecule has 1 aromatic heterocycles. The van der Waals surface area contributed by atoms with E-state index in [0.29, 0.717) is 5.95 Å². The standard InChI is InChI=1S/C23H26N6/c1-18-13-19(2)26-22(25-18)27-23-24-16-28(14-20-9-5-3-6-10-20)17-29(23)15-21-11-7-4-8-12-21/h3-13H,14-17H2,1-2H3,(H,24,25,26,27)/p+2. The minimum Gasteiger partial charge on any atom is -0.273 e. The van der Waals surface area contributed by atoms with E-state index in [1.54, 1.807) is 0 Å². The third-order valence-corrected chi connectivity index (χ3v) is 4.96. The summed E-state index contributed by atoms with van der Waals surface area (Å²) in [4.78, 5) is 10.5. The molecule has 3 aromatic rings. The van der Waals surface area contributed by atoms with Crippen LogP contribution in [0.2, 0.25) is 0 Å². The number of rotatable bonds is 5. The van der Waals surface area contributed by atoms with E-state index < -0.39 is 0 Å². The van der Waals surface area contributed by atoms with Crippen LogP contribution >= 0.6 is 0 Å². The average molecular weight is 389 g/mol. The van der Waals surface area contributed by atoms with Gasteiger partial charge in [-0.15, -0.1) is 0 Å². The van der Waals surface area contributed by atoms with Crippen molar-refractivity contribution in [3.05, 3.63) is 89.2 Å². The first-order valence-corrected chi connectivity index (χ1v) is 10.0. The fourth-order valence-corrected chi connectivity index (χ4v) is 3.68. The normalized spacial score (nSPS) is 16.4. The molecule has 4 rings (SSSR count). The Morgan fingerprint density at radius 1 is 0.931 bits per heavy atom. The second-order valence-electron chi connectivity index (χ2n) is 7.56. The summed E-state index contributed by atoms with van der Waals surface area (Å²) in [5, 5.41) is 6.97. The first-order valence-electron chi connectivity index (χ1n) is 10.0. The number of quaternary nitrogens is 1. The Hall–Kier alpha value is -3.25. The van der Waals surface area contributed by atoms with Gasteiger partial charge < -0.3 is 0 Å². The average Bonchev–Trinajstić information content (AvgIpc) is 2.71. The molecule has 0 fully saturated rings. The molecule has 29 heavy (non-hydrogen) atoms. The molecule has 6 heteroatoms. The van der Waals surface area contributed by atoms with Crippen LogP contribution in [0.1, 0.15) is 22.5 Å². The predicted octanol–water partition coefficient (Wildman–Crippen LogP) is 1.68. The maximum absolute atomic E-state index is 4.54. The van der Waals surface area contributed by atoms with Gasteiger partial charge in [0.2, 0.25) is 6.67 Å². The Bertz CT molecular complexity index is 965. The fraction of sp³-hybridized carbons (Fsp3) is 0.261. The number of hydrogen-bond acceptors (Lipinski definition) is 4. The van der Waals surface area contributed by atoms with Crippen LogP contribution in [0, 0.1) is 13.8 Å². The summed E-state index contributed by atoms with van der Waals surface area (Å²) >= 11 is 0. The molecule has 0 radical (unpaired) electrons. The van der Waals surface area contributed by atoms with Gasteiger partial charge in [-0.2, -0.15) is 0 Å². The molecule has 0 spiro atoms. The van der Waals surface area contributed by atoms with Gasteiger partial charge >= 0.3 is 5.96 Å². The molecule has 3 N–H and O–H groups in total. The van der Waals surface area contributed by atoms with Gasteiger partial charge in [0.05, 0.1) is 6.54 Å². The zero-order valence-electron chi connectivity index (χ0n) is 17.0. The van der Waals surface area contributed by atoms with E-state index in [9.17, 15) is 0 Å². The number of aryl methyl sites for hydroxylation is 2. The second-order valence-corrected chi connectivity index (χ2v) is 7.56. The lowest BCUT2D eigenvalue weighted by Crippen LogP contribution is -3.15. The van der Waals surface area contributed by atoms with Gasteiger partial charge in [0, 0.05) is 17.0 Å². The van der Waals surface area contributed by atoms with Crippen molar-refractivity contribution in [3.63, 3.8) is 0 Å². The molecule has 0 bridgehead atoms. The first-order chi connectivity index (χ1) is 14.2. The number of aromatic nitrogens is 2. The summed E-state index contributed by atoms with van der Waals surface area (Å²) in [6.07, 6.45) is 0. The van der Waals surface area contributed by atoms with Crippen LogP contribution in [0.3, 0.4) is 0 Å². The number of benzene rings is 2. The van der Waals surface area contributed by atoms with Gasteiger partial charge in [-0.3, -0.25) is 4.90 Å². The topological polar surface area (TPSA) is 57.3 Å². The summed E-state index contributed by atoms with van der Waals surface area (Å²) in [5.41, 5.74) is 4.54. The number of guanidine groups is 1. The van der Waals surface area contributed by atoms with Crippen molar-refractivity contribution in [2.75, 3.05) is 18.7 Å². The van der Waals surface area contributed by atoms with Gasteiger partial charge in [-0.05, 0) is 25.5 Å². The van der Waals surface area contributed by atoms with Crippen LogP contribution < -0.4 is 15.5 Å². The van der Waals surface area contributed by atoms with Crippen molar-refractivity contribution >= 4 is 11.9 Å². The lowest BCUT2D eigenvalue weighted by Gasteiger charge is -2.26.